The number of hydrogen-bond donors (Lipinski definition) is 3. The molecule has 0 spiro atoms. The third-order valence-electron chi connectivity index (χ3n) is 6.00. The highest BCUT2D eigenvalue weighted by molar-refractivity contribution is 5.93. The second-order valence-electron chi connectivity index (χ2n) is 8.71. The summed E-state index contributed by atoms with van der Waals surface area (Å²) in [6.07, 6.45) is 0.413. The van der Waals surface area contributed by atoms with Crippen molar-refractivity contribution in [2.24, 2.45) is 0 Å². The summed E-state index contributed by atoms with van der Waals surface area (Å²) in [4.78, 5) is 29.7. The molecule has 1 aromatic carbocycles. The van der Waals surface area contributed by atoms with Crippen LogP contribution in [0.4, 0.5) is 5.69 Å². The maximum absolute atomic E-state index is 12.7. The first kappa shape index (κ1) is 21.7. The van der Waals surface area contributed by atoms with Gasteiger partial charge in [0, 0.05) is 5.69 Å². The Morgan fingerprint density at radius 1 is 1.03 bits per heavy atom. The van der Waals surface area contributed by atoms with E-state index in [1.54, 1.807) is 0 Å². The number of carbonyl (C=O) groups is 2. The lowest BCUT2D eigenvalue weighted by Gasteiger charge is -2.35. The molecule has 2 fully saturated rings. The van der Waals surface area contributed by atoms with Gasteiger partial charge in [-0.05, 0) is 38.8 Å². The predicted molar refractivity (Wildman–Crippen MR) is 112 cm³/mol. The largest absolute Gasteiger partial charge is 0.364 e. The molecule has 3 rings (SSSR count). The molecule has 0 unspecified atom stereocenters. The van der Waals surface area contributed by atoms with Crippen molar-refractivity contribution >= 4 is 17.5 Å². The van der Waals surface area contributed by atoms with Crippen LogP contribution in [0.2, 0.25) is 0 Å². The van der Waals surface area contributed by atoms with Gasteiger partial charge in [0.2, 0.25) is 0 Å². The number of aryl methyl sites for hydroxylation is 2. The number of piperazine rings is 1. The van der Waals surface area contributed by atoms with Gasteiger partial charge in [0.15, 0.2) is 13.1 Å². The van der Waals surface area contributed by atoms with Crippen LogP contribution in [0.15, 0.2) is 18.2 Å². The van der Waals surface area contributed by atoms with Crippen molar-refractivity contribution in [3.8, 4) is 0 Å². The number of amides is 2. The Morgan fingerprint density at radius 3 is 2.21 bits per heavy atom. The molecule has 0 saturated carbocycles. The Labute approximate surface area is 174 Å². The number of morpholine rings is 1. The minimum atomic E-state index is 0.0397. The Balaban J connectivity index is 1.43. The molecule has 1 aromatic rings. The van der Waals surface area contributed by atoms with Gasteiger partial charge >= 0.3 is 0 Å². The summed E-state index contributed by atoms with van der Waals surface area (Å²) in [5.74, 6) is 0.262. The number of benzene rings is 1. The van der Waals surface area contributed by atoms with Crippen LogP contribution >= 0.6 is 0 Å². The molecule has 2 atom stereocenters. The highest BCUT2D eigenvalue weighted by atomic mass is 16.5. The number of carbonyl (C=O) groups excluding carboxylic acids is 2. The summed E-state index contributed by atoms with van der Waals surface area (Å²) in [6.45, 7) is 14.0. The van der Waals surface area contributed by atoms with Crippen LogP contribution in [0.3, 0.4) is 0 Å². The van der Waals surface area contributed by atoms with E-state index in [2.05, 4.69) is 19.2 Å². The lowest BCUT2D eigenvalue weighted by molar-refractivity contribution is -0.908. The van der Waals surface area contributed by atoms with E-state index in [0.29, 0.717) is 13.1 Å². The normalized spacial score (nSPS) is 25.7. The van der Waals surface area contributed by atoms with E-state index in [9.17, 15) is 9.59 Å². The molecule has 2 aliphatic rings. The average Bonchev–Trinajstić information content (AvgIpc) is 2.64. The zero-order chi connectivity index (χ0) is 21.0. The molecule has 29 heavy (non-hydrogen) atoms. The van der Waals surface area contributed by atoms with Gasteiger partial charge in [-0.1, -0.05) is 18.2 Å². The molecule has 7 heteroatoms. The summed E-state index contributed by atoms with van der Waals surface area (Å²) in [5.41, 5.74) is 3.08. The Bertz CT molecular complexity index is 701. The minimum absolute atomic E-state index is 0.0397. The van der Waals surface area contributed by atoms with Gasteiger partial charge < -0.3 is 24.8 Å². The molecule has 0 radical (unpaired) electrons. The third-order valence-corrected chi connectivity index (χ3v) is 6.00. The number of rotatable bonds is 5. The quantitative estimate of drug-likeness (QED) is 0.569. The standard InChI is InChI=1S/C22H34N4O3/c1-16-6-5-7-17(2)22(16)23-20(27)14-24-8-10-26(11-9-24)21(28)15-25-12-18(3)29-19(4)13-25/h5-7,18-19H,8-15H2,1-4H3,(H,23,27)/p+2/t18-,19-/m0/s1. The predicted octanol–water partition coefficient (Wildman–Crippen LogP) is -1.34. The molecule has 0 aromatic heterocycles. The summed E-state index contributed by atoms with van der Waals surface area (Å²) in [5, 5.41) is 3.07. The molecule has 2 heterocycles. The number of ether oxygens (including phenoxy) is 1. The van der Waals surface area contributed by atoms with Crippen molar-refractivity contribution in [1.82, 2.24) is 4.90 Å². The Hall–Kier alpha value is -1.96. The molecular weight excluding hydrogens is 368 g/mol. The van der Waals surface area contributed by atoms with Crippen molar-refractivity contribution in [1.29, 1.82) is 0 Å². The molecule has 0 bridgehead atoms. The average molecular weight is 405 g/mol. The van der Waals surface area contributed by atoms with Crippen molar-refractivity contribution in [3.63, 3.8) is 0 Å². The fraction of sp³-hybridized carbons (Fsp3) is 0.636. The zero-order valence-corrected chi connectivity index (χ0v) is 18.2. The van der Waals surface area contributed by atoms with Crippen LogP contribution in [0, 0.1) is 13.8 Å². The van der Waals surface area contributed by atoms with E-state index < -0.39 is 0 Å². The van der Waals surface area contributed by atoms with E-state index in [0.717, 1.165) is 56.1 Å². The number of quaternary nitrogens is 2. The van der Waals surface area contributed by atoms with Crippen LogP contribution in [0.1, 0.15) is 25.0 Å². The molecule has 2 aliphatic heterocycles. The number of hydrogen-bond acceptors (Lipinski definition) is 3. The topological polar surface area (TPSA) is 67.5 Å². The first-order valence-electron chi connectivity index (χ1n) is 10.8. The number of nitrogens with one attached hydrogen (secondary N) is 3. The van der Waals surface area contributed by atoms with Gasteiger partial charge in [0.1, 0.15) is 25.3 Å². The van der Waals surface area contributed by atoms with Crippen LogP contribution in [0.5, 0.6) is 0 Å². The lowest BCUT2D eigenvalue weighted by atomic mass is 10.1. The second-order valence-corrected chi connectivity index (χ2v) is 8.71. The van der Waals surface area contributed by atoms with Gasteiger partial charge in [0.25, 0.3) is 11.8 Å². The molecule has 2 amide bonds. The summed E-state index contributed by atoms with van der Waals surface area (Å²) in [7, 11) is 0. The van der Waals surface area contributed by atoms with E-state index >= 15 is 0 Å². The molecule has 0 aliphatic carbocycles. The molecule has 2 saturated heterocycles. The van der Waals surface area contributed by atoms with Gasteiger partial charge in [0.05, 0.1) is 26.2 Å². The van der Waals surface area contributed by atoms with Crippen LogP contribution < -0.4 is 15.1 Å². The molecular formula is C22H36N4O3+2. The summed E-state index contributed by atoms with van der Waals surface area (Å²) >= 11 is 0. The molecule has 160 valence electrons. The zero-order valence-electron chi connectivity index (χ0n) is 18.2. The van der Waals surface area contributed by atoms with E-state index in [1.165, 1.54) is 9.80 Å². The monoisotopic (exact) mass is 404 g/mol. The van der Waals surface area contributed by atoms with Gasteiger partial charge in [-0.2, -0.15) is 0 Å². The van der Waals surface area contributed by atoms with E-state index in [1.807, 2.05) is 36.9 Å². The van der Waals surface area contributed by atoms with Crippen LogP contribution in [-0.4, -0.2) is 81.3 Å². The summed E-state index contributed by atoms with van der Waals surface area (Å²) in [6, 6.07) is 6.03. The van der Waals surface area contributed by atoms with Gasteiger partial charge in [-0.15, -0.1) is 0 Å². The Kier molecular flexibility index (Phi) is 7.27. The van der Waals surface area contributed by atoms with Crippen LogP contribution in [0.25, 0.3) is 0 Å². The fourth-order valence-electron chi connectivity index (χ4n) is 4.53. The van der Waals surface area contributed by atoms with E-state index in [4.69, 9.17) is 4.74 Å². The van der Waals surface area contributed by atoms with Gasteiger partial charge in [-0.3, -0.25) is 9.59 Å². The van der Waals surface area contributed by atoms with Gasteiger partial charge in [-0.25, -0.2) is 0 Å². The first-order valence-corrected chi connectivity index (χ1v) is 10.8. The first-order chi connectivity index (χ1) is 13.8. The van der Waals surface area contributed by atoms with Crippen molar-refractivity contribution in [2.75, 3.05) is 57.7 Å². The molecule has 3 N–H and O–H groups in total. The highest BCUT2D eigenvalue weighted by Crippen LogP contribution is 2.18. The second kappa shape index (κ2) is 9.69. The summed E-state index contributed by atoms with van der Waals surface area (Å²) < 4.78 is 5.76. The van der Waals surface area contributed by atoms with Crippen molar-refractivity contribution < 1.29 is 24.1 Å². The number of nitrogens with zero attached hydrogens (tertiary/aromatic N) is 1. The number of para-hydroxylation sites is 1. The highest BCUT2D eigenvalue weighted by Gasteiger charge is 2.31. The Morgan fingerprint density at radius 2 is 1.62 bits per heavy atom. The third kappa shape index (κ3) is 6.01. The maximum atomic E-state index is 12.7. The number of anilines is 1. The van der Waals surface area contributed by atoms with E-state index in [-0.39, 0.29) is 24.0 Å². The smallest absolute Gasteiger partial charge is 0.279 e. The SMILES string of the molecule is Cc1cccc(C)c1NC(=O)C[NH+]1CCN(C(=O)C[NH+]2C[C@H](C)O[C@@H](C)C2)CC1. The van der Waals surface area contributed by atoms with Crippen molar-refractivity contribution in [2.45, 2.75) is 39.9 Å². The lowest BCUT2D eigenvalue weighted by Crippen LogP contribution is -3.17. The van der Waals surface area contributed by atoms with Crippen LogP contribution in [-0.2, 0) is 14.3 Å². The molecule has 7 nitrogen and oxygen atoms in total. The van der Waals surface area contributed by atoms with Crippen molar-refractivity contribution in [3.05, 3.63) is 29.3 Å². The fourth-order valence-corrected chi connectivity index (χ4v) is 4.53. The maximum Gasteiger partial charge on any atom is 0.279 e. The minimum Gasteiger partial charge on any atom is -0.364 e.